The molecule has 0 radical (unpaired) electrons. The molecular formula is C24H21N3O3S2. The molecule has 0 saturated carbocycles. The molecule has 2 aromatic heterocycles. The molecule has 4 aromatic rings. The first kappa shape index (κ1) is 22.0. The number of carbonyl (C=O) groups is 2. The number of ketones is 1. The quantitative estimate of drug-likeness (QED) is 0.235. The second-order valence-electron chi connectivity index (χ2n) is 7.11. The van der Waals surface area contributed by atoms with Crippen LogP contribution in [0.25, 0.3) is 20.7 Å². The Morgan fingerprint density at radius 2 is 1.88 bits per heavy atom. The van der Waals surface area contributed by atoms with E-state index in [1.165, 1.54) is 30.0 Å². The molecule has 0 atom stereocenters. The van der Waals surface area contributed by atoms with Crippen molar-refractivity contribution in [3.8, 4) is 10.4 Å². The number of thiophene rings is 1. The Balaban J connectivity index is 1.56. The fourth-order valence-electron chi connectivity index (χ4n) is 3.27. The van der Waals surface area contributed by atoms with Gasteiger partial charge in [0, 0.05) is 22.7 Å². The molecule has 2 aromatic carbocycles. The first-order chi connectivity index (χ1) is 15.5. The van der Waals surface area contributed by atoms with Crippen LogP contribution in [0.3, 0.4) is 0 Å². The van der Waals surface area contributed by atoms with Crippen molar-refractivity contribution in [1.29, 1.82) is 0 Å². The van der Waals surface area contributed by atoms with E-state index >= 15 is 0 Å². The highest BCUT2D eigenvalue weighted by Crippen LogP contribution is 2.32. The number of hydrogen-bond donors (Lipinski definition) is 1. The van der Waals surface area contributed by atoms with Gasteiger partial charge in [-0.3, -0.25) is 19.0 Å². The van der Waals surface area contributed by atoms with E-state index < -0.39 is 0 Å². The number of nitrogens with zero attached hydrogens (tertiary/aromatic N) is 2. The number of Topliss-reactive ketones (excluding diaryl/α,β-unsaturated/α-hetero) is 1. The van der Waals surface area contributed by atoms with Crippen molar-refractivity contribution in [1.82, 2.24) is 9.55 Å². The van der Waals surface area contributed by atoms with Crippen molar-refractivity contribution in [2.24, 2.45) is 0 Å². The lowest BCUT2D eigenvalue weighted by Crippen LogP contribution is -2.23. The number of anilines is 1. The number of amides is 1. The van der Waals surface area contributed by atoms with Gasteiger partial charge in [-0.25, -0.2) is 4.98 Å². The zero-order chi connectivity index (χ0) is 22.7. The van der Waals surface area contributed by atoms with Gasteiger partial charge in [0.2, 0.25) is 5.91 Å². The minimum atomic E-state index is -0.233. The van der Waals surface area contributed by atoms with Crippen LogP contribution in [-0.2, 0) is 11.3 Å². The number of thioether (sulfide) groups is 1. The van der Waals surface area contributed by atoms with Crippen molar-refractivity contribution in [3.63, 3.8) is 0 Å². The first-order valence-electron chi connectivity index (χ1n) is 10.1. The van der Waals surface area contributed by atoms with Gasteiger partial charge in [0.1, 0.15) is 4.83 Å². The third-order valence-corrected chi connectivity index (χ3v) is 6.93. The van der Waals surface area contributed by atoms with Gasteiger partial charge in [-0.15, -0.1) is 11.3 Å². The van der Waals surface area contributed by atoms with Crippen LogP contribution < -0.4 is 10.9 Å². The molecule has 2 heterocycles. The van der Waals surface area contributed by atoms with E-state index in [1.54, 1.807) is 28.8 Å². The van der Waals surface area contributed by atoms with Crippen LogP contribution in [0.4, 0.5) is 5.69 Å². The predicted molar refractivity (Wildman–Crippen MR) is 131 cm³/mol. The lowest BCUT2D eigenvalue weighted by Gasteiger charge is -2.10. The van der Waals surface area contributed by atoms with E-state index in [-0.39, 0.29) is 23.0 Å². The van der Waals surface area contributed by atoms with Gasteiger partial charge in [-0.1, -0.05) is 54.2 Å². The van der Waals surface area contributed by atoms with Crippen molar-refractivity contribution < 1.29 is 9.59 Å². The lowest BCUT2D eigenvalue weighted by molar-refractivity contribution is -0.113. The minimum Gasteiger partial charge on any atom is -0.325 e. The van der Waals surface area contributed by atoms with Gasteiger partial charge in [0.05, 0.1) is 11.1 Å². The Morgan fingerprint density at radius 3 is 2.59 bits per heavy atom. The van der Waals surface area contributed by atoms with E-state index in [9.17, 15) is 14.4 Å². The normalized spacial score (nSPS) is 10.9. The zero-order valence-corrected chi connectivity index (χ0v) is 19.3. The van der Waals surface area contributed by atoms with E-state index in [1.807, 2.05) is 43.3 Å². The SMILES string of the molecule is CCn1c(SCC(=O)Nc2cccc(C(C)=O)c2)nc2sc(-c3ccccc3)cc2c1=O. The van der Waals surface area contributed by atoms with Crippen LogP contribution in [0.5, 0.6) is 0 Å². The highest BCUT2D eigenvalue weighted by atomic mass is 32.2. The molecule has 0 aliphatic carbocycles. The zero-order valence-electron chi connectivity index (χ0n) is 17.6. The predicted octanol–water partition coefficient (Wildman–Crippen LogP) is 5.08. The van der Waals surface area contributed by atoms with Crippen LogP contribution in [0.15, 0.2) is 70.6 Å². The fraction of sp³-hybridized carbons (Fsp3) is 0.167. The Hall–Kier alpha value is -3.23. The highest BCUT2D eigenvalue weighted by molar-refractivity contribution is 7.99. The van der Waals surface area contributed by atoms with Crippen LogP contribution in [0.1, 0.15) is 24.2 Å². The number of hydrogen-bond acceptors (Lipinski definition) is 6. The third-order valence-electron chi connectivity index (χ3n) is 4.88. The summed E-state index contributed by atoms with van der Waals surface area (Å²) in [5, 5.41) is 3.90. The topological polar surface area (TPSA) is 81.1 Å². The van der Waals surface area contributed by atoms with Crippen molar-refractivity contribution in [2.75, 3.05) is 11.1 Å². The molecule has 0 aliphatic heterocycles. The molecule has 8 heteroatoms. The van der Waals surface area contributed by atoms with Gasteiger partial charge < -0.3 is 5.32 Å². The summed E-state index contributed by atoms with van der Waals surface area (Å²) in [4.78, 5) is 43.4. The summed E-state index contributed by atoms with van der Waals surface area (Å²) in [5.41, 5.74) is 2.03. The summed E-state index contributed by atoms with van der Waals surface area (Å²) in [5.74, 6) is -0.200. The summed E-state index contributed by atoms with van der Waals surface area (Å²) in [7, 11) is 0. The molecule has 1 N–H and O–H groups in total. The Kier molecular flexibility index (Phi) is 6.53. The second-order valence-corrected chi connectivity index (χ2v) is 9.09. The molecule has 0 bridgehead atoms. The fourth-order valence-corrected chi connectivity index (χ4v) is 5.22. The number of carbonyl (C=O) groups excluding carboxylic acids is 2. The van der Waals surface area contributed by atoms with Crippen LogP contribution >= 0.6 is 23.1 Å². The average molecular weight is 464 g/mol. The summed E-state index contributed by atoms with van der Waals surface area (Å²) < 4.78 is 1.60. The first-order valence-corrected chi connectivity index (χ1v) is 11.9. The molecule has 1 amide bonds. The molecule has 32 heavy (non-hydrogen) atoms. The van der Waals surface area contributed by atoms with Crippen molar-refractivity contribution in [3.05, 3.63) is 76.6 Å². The highest BCUT2D eigenvalue weighted by Gasteiger charge is 2.16. The maximum atomic E-state index is 13.0. The Morgan fingerprint density at radius 1 is 1.09 bits per heavy atom. The van der Waals surface area contributed by atoms with Crippen LogP contribution in [0.2, 0.25) is 0 Å². The van der Waals surface area contributed by atoms with E-state index in [2.05, 4.69) is 10.3 Å². The average Bonchev–Trinajstić information content (AvgIpc) is 3.23. The molecule has 0 unspecified atom stereocenters. The molecule has 4 rings (SSSR count). The van der Waals surface area contributed by atoms with E-state index in [0.717, 1.165) is 10.4 Å². The summed E-state index contributed by atoms with van der Waals surface area (Å²) in [6, 6.07) is 18.6. The van der Waals surface area contributed by atoms with Crippen molar-refractivity contribution >= 4 is 50.7 Å². The summed E-state index contributed by atoms with van der Waals surface area (Å²) in [6.45, 7) is 3.83. The largest absolute Gasteiger partial charge is 0.325 e. The van der Waals surface area contributed by atoms with Gasteiger partial charge in [-0.05, 0) is 37.6 Å². The van der Waals surface area contributed by atoms with Gasteiger partial charge in [0.15, 0.2) is 10.9 Å². The van der Waals surface area contributed by atoms with Gasteiger partial charge in [0.25, 0.3) is 5.56 Å². The van der Waals surface area contributed by atoms with E-state index in [0.29, 0.717) is 33.2 Å². The Bertz CT molecular complexity index is 1360. The maximum Gasteiger partial charge on any atom is 0.262 e. The lowest BCUT2D eigenvalue weighted by atomic mass is 10.1. The molecule has 0 aliphatic rings. The number of benzene rings is 2. The van der Waals surface area contributed by atoms with E-state index in [4.69, 9.17) is 0 Å². The molecule has 162 valence electrons. The minimum absolute atomic E-state index is 0.0641. The Labute approximate surface area is 193 Å². The van der Waals surface area contributed by atoms with Gasteiger partial charge in [-0.2, -0.15) is 0 Å². The summed E-state index contributed by atoms with van der Waals surface area (Å²) >= 11 is 2.69. The number of nitrogens with one attached hydrogen (secondary N) is 1. The third kappa shape index (κ3) is 4.66. The van der Waals surface area contributed by atoms with Crippen molar-refractivity contribution in [2.45, 2.75) is 25.5 Å². The van der Waals surface area contributed by atoms with Gasteiger partial charge >= 0.3 is 0 Å². The second kappa shape index (κ2) is 9.50. The molecule has 0 saturated heterocycles. The number of rotatable bonds is 7. The maximum absolute atomic E-state index is 13.0. The number of aromatic nitrogens is 2. The number of fused-ring (bicyclic) bond motifs is 1. The molecule has 0 spiro atoms. The smallest absolute Gasteiger partial charge is 0.262 e. The standard InChI is InChI=1S/C24H21N3O3S2/c1-3-27-23(30)19-13-20(16-8-5-4-6-9-16)32-22(19)26-24(27)31-14-21(29)25-18-11-7-10-17(12-18)15(2)28/h4-13H,3,14H2,1-2H3,(H,25,29). The van der Waals surface area contributed by atoms with Crippen LogP contribution in [0, 0.1) is 0 Å². The molecular weight excluding hydrogens is 442 g/mol. The molecule has 6 nitrogen and oxygen atoms in total. The molecule has 0 fully saturated rings. The van der Waals surface area contributed by atoms with Crippen LogP contribution in [-0.4, -0.2) is 27.0 Å². The summed E-state index contributed by atoms with van der Waals surface area (Å²) in [6.07, 6.45) is 0. The monoisotopic (exact) mass is 463 g/mol.